The Morgan fingerprint density at radius 2 is 2.38 bits per heavy atom. The topological polar surface area (TPSA) is 86.6 Å². The highest BCUT2D eigenvalue weighted by Gasteiger charge is 2.23. The molecule has 0 aromatic rings. The standard InChI is InChI=1S/C8H13N5/c1-11-4-2-3-7-6(5-9)8(10)13-12-7/h6,11H,2-4H2,1H3,(H2,10,13)/t6-/m0/s1. The maximum atomic E-state index is 8.76. The molecule has 0 bridgehead atoms. The summed E-state index contributed by atoms with van der Waals surface area (Å²) in [5.41, 5.74) is 6.27. The molecule has 0 aromatic heterocycles. The second-order valence-corrected chi connectivity index (χ2v) is 2.89. The van der Waals surface area contributed by atoms with Gasteiger partial charge in [-0.05, 0) is 26.4 Å². The van der Waals surface area contributed by atoms with Gasteiger partial charge in [0, 0.05) is 0 Å². The molecule has 0 fully saturated rings. The number of rotatable bonds is 4. The van der Waals surface area contributed by atoms with E-state index in [4.69, 9.17) is 11.0 Å². The largest absolute Gasteiger partial charge is 0.384 e. The first-order chi connectivity index (χ1) is 6.29. The van der Waals surface area contributed by atoms with Crippen molar-refractivity contribution in [2.24, 2.45) is 21.9 Å². The highest BCUT2D eigenvalue weighted by molar-refractivity contribution is 6.10. The third-order valence-corrected chi connectivity index (χ3v) is 1.91. The number of nitriles is 1. The molecule has 0 unspecified atom stereocenters. The summed E-state index contributed by atoms with van der Waals surface area (Å²) in [6.45, 7) is 0.914. The van der Waals surface area contributed by atoms with Crippen LogP contribution in [0.4, 0.5) is 0 Å². The Bertz CT molecular complexity index is 273. The fourth-order valence-corrected chi connectivity index (χ4v) is 1.19. The van der Waals surface area contributed by atoms with Gasteiger partial charge in [0.2, 0.25) is 0 Å². The summed E-state index contributed by atoms with van der Waals surface area (Å²) in [6.07, 6.45) is 1.74. The fraction of sp³-hybridized carbons (Fsp3) is 0.625. The molecule has 13 heavy (non-hydrogen) atoms. The predicted octanol–water partition coefficient (Wildman–Crippen LogP) is -0.147. The van der Waals surface area contributed by atoms with E-state index in [1.165, 1.54) is 0 Å². The summed E-state index contributed by atoms with van der Waals surface area (Å²) in [6, 6.07) is 2.08. The minimum absolute atomic E-state index is 0.321. The number of hydrogen-bond acceptors (Lipinski definition) is 5. The van der Waals surface area contributed by atoms with Crippen LogP contribution in [0.3, 0.4) is 0 Å². The van der Waals surface area contributed by atoms with Crippen LogP contribution in [0.25, 0.3) is 0 Å². The van der Waals surface area contributed by atoms with Crippen molar-refractivity contribution in [3.63, 3.8) is 0 Å². The van der Waals surface area contributed by atoms with Crippen molar-refractivity contribution in [2.75, 3.05) is 13.6 Å². The molecule has 0 saturated heterocycles. The predicted molar refractivity (Wildman–Crippen MR) is 51.3 cm³/mol. The maximum absolute atomic E-state index is 8.76. The number of nitrogens with zero attached hydrogens (tertiary/aromatic N) is 3. The van der Waals surface area contributed by atoms with E-state index in [0.29, 0.717) is 5.84 Å². The number of hydrogen-bond donors (Lipinski definition) is 2. The molecule has 1 aliphatic rings. The number of amidine groups is 1. The zero-order chi connectivity index (χ0) is 9.68. The third-order valence-electron chi connectivity index (χ3n) is 1.91. The van der Waals surface area contributed by atoms with Gasteiger partial charge >= 0.3 is 0 Å². The molecule has 0 radical (unpaired) electrons. The highest BCUT2D eigenvalue weighted by atomic mass is 15.3. The van der Waals surface area contributed by atoms with E-state index in [1.807, 2.05) is 7.05 Å². The van der Waals surface area contributed by atoms with Crippen LogP contribution in [0.1, 0.15) is 12.8 Å². The Morgan fingerprint density at radius 3 is 3.00 bits per heavy atom. The molecular formula is C8H13N5. The van der Waals surface area contributed by atoms with E-state index < -0.39 is 5.92 Å². The smallest absolute Gasteiger partial charge is 0.145 e. The molecule has 0 amide bonds. The van der Waals surface area contributed by atoms with Gasteiger partial charge in [-0.15, -0.1) is 5.10 Å². The van der Waals surface area contributed by atoms with E-state index in [0.717, 1.165) is 25.1 Å². The fourth-order valence-electron chi connectivity index (χ4n) is 1.19. The summed E-state index contributed by atoms with van der Waals surface area (Å²) in [5.74, 6) is -0.0705. The van der Waals surface area contributed by atoms with Crippen molar-refractivity contribution in [1.29, 1.82) is 5.26 Å². The van der Waals surface area contributed by atoms with Gasteiger partial charge in [-0.25, -0.2) is 0 Å². The zero-order valence-electron chi connectivity index (χ0n) is 7.62. The van der Waals surface area contributed by atoms with Gasteiger partial charge in [-0.1, -0.05) is 0 Å². The van der Waals surface area contributed by atoms with Crippen LogP contribution in [0.5, 0.6) is 0 Å². The Labute approximate surface area is 77.3 Å². The zero-order valence-corrected chi connectivity index (χ0v) is 7.62. The molecular weight excluding hydrogens is 166 g/mol. The van der Waals surface area contributed by atoms with Gasteiger partial charge < -0.3 is 11.1 Å². The van der Waals surface area contributed by atoms with Crippen LogP contribution in [-0.2, 0) is 0 Å². The second-order valence-electron chi connectivity index (χ2n) is 2.89. The van der Waals surface area contributed by atoms with Crippen LogP contribution in [-0.4, -0.2) is 25.1 Å². The number of nitrogens with two attached hydrogens (primary N) is 1. The SMILES string of the molecule is CNCCCC1=NN=C(N)[C@H]1C#N. The Morgan fingerprint density at radius 1 is 1.62 bits per heavy atom. The van der Waals surface area contributed by atoms with Crippen molar-refractivity contribution >= 4 is 11.5 Å². The van der Waals surface area contributed by atoms with Gasteiger partial charge in [0.05, 0.1) is 11.8 Å². The molecule has 0 spiro atoms. The van der Waals surface area contributed by atoms with Crippen molar-refractivity contribution in [2.45, 2.75) is 12.8 Å². The maximum Gasteiger partial charge on any atom is 0.145 e. The monoisotopic (exact) mass is 179 g/mol. The van der Waals surface area contributed by atoms with Crippen molar-refractivity contribution < 1.29 is 0 Å². The summed E-state index contributed by atoms with van der Waals surface area (Å²) >= 11 is 0. The molecule has 5 nitrogen and oxygen atoms in total. The van der Waals surface area contributed by atoms with E-state index >= 15 is 0 Å². The summed E-state index contributed by atoms with van der Waals surface area (Å²) in [4.78, 5) is 0. The van der Waals surface area contributed by atoms with Crippen LogP contribution in [0.2, 0.25) is 0 Å². The molecule has 1 atom stereocenters. The lowest BCUT2D eigenvalue weighted by Crippen LogP contribution is -2.25. The quantitative estimate of drug-likeness (QED) is 0.588. The van der Waals surface area contributed by atoms with Crippen molar-refractivity contribution in [3.8, 4) is 6.07 Å². The van der Waals surface area contributed by atoms with Crippen LogP contribution < -0.4 is 11.1 Å². The Kier molecular flexibility index (Phi) is 3.41. The first kappa shape index (κ1) is 9.68. The molecule has 0 saturated carbocycles. The van der Waals surface area contributed by atoms with Crippen LogP contribution in [0, 0.1) is 17.2 Å². The third kappa shape index (κ3) is 2.26. The van der Waals surface area contributed by atoms with E-state index in [2.05, 4.69) is 21.6 Å². The molecule has 0 aliphatic carbocycles. The Balaban J connectivity index is 2.41. The molecule has 1 rings (SSSR count). The Hall–Kier alpha value is -1.41. The van der Waals surface area contributed by atoms with Crippen LogP contribution in [0.15, 0.2) is 10.2 Å². The minimum Gasteiger partial charge on any atom is -0.384 e. The average Bonchev–Trinajstić information content (AvgIpc) is 2.47. The summed E-state index contributed by atoms with van der Waals surface area (Å²) in [5, 5.41) is 19.3. The molecule has 1 aliphatic heterocycles. The van der Waals surface area contributed by atoms with Gasteiger partial charge in [-0.3, -0.25) is 0 Å². The van der Waals surface area contributed by atoms with E-state index in [1.54, 1.807) is 0 Å². The van der Waals surface area contributed by atoms with Gasteiger partial charge in [0.15, 0.2) is 0 Å². The molecule has 5 heteroatoms. The van der Waals surface area contributed by atoms with Crippen molar-refractivity contribution in [1.82, 2.24) is 5.32 Å². The highest BCUT2D eigenvalue weighted by Crippen LogP contribution is 2.11. The number of nitrogens with one attached hydrogen (secondary N) is 1. The van der Waals surface area contributed by atoms with Gasteiger partial charge in [-0.2, -0.15) is 10.4 Å². The molecule has 0 aromatic carbocycles. The van der Waals surface area contributed by atoms with Crippen LogP contribution >= 0.6 is 0 Å². The van der Waals surface area contributed by atoms with Gasteiger partial charge in [0.1, 0.15) is 11.8 Å². The lowest BCUT2D eigenvalue weighted by Gasteiger charge is -2.03. The van der Waals surface area contributed by atoms with Gasteiger partial charge in [0.25, 0.3) is 0 Å². The lowest BCUT2D eigenvalue weighted by atomic mass is 10.0. The molecule has 1 heterocycles. The van der Waals surface area contributed by atoms with E-state index in [-0.39, 0.29) is 0 Å². The second kappa shape index (κ2) is 4.58. The van der Waals surface area contributed by atoms with Crippen molar-refractivity contribution in [3.05, 3.63) is 0 Å². The minimum atomic E-state index is -0.392. The lowest BCUT2D eigenvalue weighted by molar-refractivity contribution is 0.742. The van der Waals surface area contributed by atoms with E-state index in [9.17, 15) is 0 Å². The molecule has 70 valence electrons. The first-order valence-corrected chi connectivity index (χ1v) is 4.23. The first-order valence-electron chi connectivity index (χ1n) is 4.23. The average molecular weight is 179 g/mol. The molecule has 3 N–H and O–H groups in total. The summed E-state index contributed by atoms with van der Waals surface area (Å²) in [7, 11) is 1.89. The normalized spacial score (nSPS) is 20.8. The summed E-state index contributed by atoms with van der Waals surface area (Å²) < 4.78 is 0.